The number of nitrogens with one attached hydrogen (secondary N) is 1. The average Bonchev–Trinajstić information content (AvgIpc) is 3.21. The standard InChI is InChI=1S/C17H26N2O/c1-3-20-17-6-4-5-14(10-17)11-18-15-9-13(2)19(12-15)16-7-8-16/h4-6,10,13,15-16,18H,3,7-9,11-12H2,1-2H3. The molecule has 2 fully saturated rings. The number of nitrogens with zero attached hydrogens (tertiary/aromatic N) is 1. The third-order valence-corrected chi connectivity index (χ3v) is 4.44. The highest BCUT2D eigenvalue weighted by atomic mass is 16.5. The van der Waals surface area contributed by atoms with Gasteiger partial charge in [-0.3, -0.25) is 4.90 Å². The predicted octanol–water partition coefficient (Wildman–Crippen LogP) is 2.80. The van der Waals surface area contributed by atoms with Gasteiger partial charge in [0.05, 0.1) is 6.61 Å². The van der Waals surface area contributed by atoms with E-state index in [-0.39, 0.29) is 0 Å². The van der Waals surface area contributed by atoms with E-state index >= 15 is 0 Å². The van der Waals surface area contributed by atoms with Gasteiger partial charge >= 0.3 is 0 Å². The molecule has 1 saturated heterocycles. The third-order valence-electron chi connectivity index (χ3n) is 4.44. The summed E-state index contributed by atoms with van der Waals surface area (Å²) in [7, 11) is 0. The predicted molar refractivity (Wildman–Crippen MR) is 82.0 cm³/mol. The molecule has 3 heteroatoms. The summed E-state index contributed by atoms with van der Waals surface area (Å²) in [6.07, 6.45) is 4.10. The van der Waals surface area contributed by atoms with Gasteiger partial charge in [-0.2, -0.15) is 0 Å². The zero-order valence-corrected chi connectivity index (χ0v) is 12.6. The van der Waals surface area contributed by atoms with Crippen LogP contribution in [0.5, 0.6) is 5.75 Å². The van der Waals surface area contributed by atoms with Crippen molar-refractivity contribution < 1.29 is 4.74 Å². The molecule has 2 atom stereocenters. The van der Waals surface area contributed by atoms with Crippen LogP contribution in [-0.4, -0.2) is 36.2 Å². The summed E-state index contributed by atoms with van der Waals surface area (Å²) >= 11 is 0. The van der Waals surface area contributed by atoms with Crippen molar-refractivity contribution in [3.63, 3.8) is 0 Å². The number of benzene rings is 1. The minimum atomic E-state index is 0.640. The summed E-state index contributed by atoms with van der Waals surface area (Å²) in [5, 5.41) is 3.71. The molecule has 2 unspecified atom stereocenters. The van der Waals surface area contributed by atoms with Crippen molar-refractivity contribution in [2.75, 3.05) is 13.2 Å². The fraction of sp³-hybridized carbons (Fsp3) is 0.647. The third kappa shape index (κ3) is 3.33. The Hall–Kier alpha value is -1.06. The van der Waals surface area contributed by atoms with Crippen molar-refractivity contribution >= 4 is 0 Å². The van der Waals surface area contributed by atoms with Gasteiger partial charge in [0, 0.05) is 31.2 Å². The molecule has 0 radical (unpaired) electrons. The zero-order chi connectivity index (χ0) is 13.9. The van der Waals surface area contributed by atoms with Crippen LogP contribution in [0.2, 0.25) is 0 Å². The second kappa shape index (κ2) is 6.15. The lowest BCUT2D eigenvalue weighted by atomic mass is 10.1. The van der Waals surface area contributed by atoms with Crippen LogP contribution in [-0.2, 0) is 6.54 Å². The molecule has 20 heavy (non-hydrogen) atoms. The van der Waals surface area contributed by atoms with Gasteiger partial charge in [0.25, 0.3) is 0 Å². The first-order chi connectivity index (χ1) is 9.76. The molecule has 110 valence electrons. The van der Waals surface area contributed by atoms with E-state index in [4.69, 9.17) is 4.74 Å². The topological polar surface area (TPSA) is 24.5 Å². The molecule has 1 saturated carbocycles. The van der Waals surface area contributed by atoms with Gasteiger partial charge in [0.2, 0.25) is 0 Å². The van der Waals surface area contributed by atoms with Gasteiger partial charge < -0.3 is 10.1 Å². The molecule has 3 rings (SSSR count). The van der Waals surface area contributed by atoms with Crippen molar-refractivity contribution in [2.24, 2.45) is 0 Å². The first-order valence-electron chi connectivity index (χ1n) is 7.97. The van der Waals surface area contributed by atoms with Crippen LogP contribution < -0.4 is 10.1 Å². The zero-order valence-electron chi connectivity index (χ0n) is 12.6. The van der Waals surface area contributed by atoms with E-state index in [1.165, 1.54) is 31.4 Å². The molecule has 0 aromatic heterocycles. The lowest BCUT2D eigenvalue weighted by Gasteiger charge is -2.19. The summed E-state index contributed by atoms with van der Waals surface area (Å²) in [6.45, 7) is 7.29. The van der Waals surface area contributed by atoms with Gasteiger partial charge in [-0.25, -0.2) is 0 Å². The van der Waals surface area contributed by atoms with E-state index in [1.54, 1.807) is 0 Å². The molecule has 0 amide bonds. The summed E-state index contributed by atoms with van der Waals surface area (Å²) in [6, 6.07) is 10.7. The van der Waals surface area contributed by atoms with Crippen molar-refractivity contribution in [2.45, 2.75) is 57.8 Å². The smallest absolute Gasteiger partial charge is 0.119 e. The fourth-order valence-corrected chi connectivity index (χ4v) is 3.29. The van der Waals surface area contributed by atoms with Crippen LogP contribution in [0.4, 0.5) is 0 Å². The van der Waals surface area contributed by atoms with Crippen molar-refractivity contribution in [1.82, 2.24) is 10.2 Å². The monoisotopic (exact) mass is 274 g/mol. The van der Waals surface area contributed by atoms with Crippen LogP contribution in [0.3, 0.4) is 0 Å². The molecule has 1 aromatic carbocycles. The molecule has 1 aromatic rings. The van der Waals surface area contributed by atoms with Crippen molar-refractivity contribution in [1.29, 1.82) is 0 Å². The van der Waals surface area contributed by atoms with Crippen LogP contribution in [0.1, 0.15) is 38.7 Å². The normalized spacial score (nSPS) is 26.9. The summed E-state index contributed by atoms with van der Waals surface area (Å²) in [5.74, 6) is 0.978. The Balaban J connectivity index is 1.50. The van der Waals surface area contributed by atoms with E-state index in [1.807, 2.05) is 13.0 Å². The largest absolute Gasteiger partial charge is 0.494 e. The minimum absolute atomic E-state index is 0.640. The highest BCUT2D eigenvalue weighted by molar-refractivity contribution is 5.28. The maximum absolute atomic E-state index is 5.56. The maximum Gasteiger partial charge on any atom is 0.119 e. The lowest BCUT2D eigenvalue weighted by molar-refractivity contribution is 0.255. The summed E-state index contributed by atoms with van der Waals surface area (Å²) in [5.41, 5.74) is 1.31. The van der Waals surface area contributed by atoms with E-state index in [0.717, 1.165) is 31.0 Å². The van der Waals surface area contributed by atoms with E-state index in [0.29, 0.717) is 6.04 Å². The molecular weight excluding hydrogens is 248 g/mol. The molecule has 1 heterocycles. The number of likely N-dealkylation sites (tertiary alicyclic amines) is 1. The van der Waals surface area contributed by atoms with E-state index in [9.17, 15) is 0 Å². The Morgan fingerprint density at radius 1 is 1.35 bits per heavy atom. The number of rotatable bonds is 6. The van der Waals surface area contributed by atoms with E-state index in [2.05, 4.69) is 35.3 Å². The molecular formula is C17H26N2O. The van der Waals surface area contributed by atoms with Gasteiger partial charge in [0.1, 0.15) is 5.75 Å². The fourth-order valence-electron chi connectivity index (χ4n) is 3.29. The maximum atomic E-state index is 5.56. The number of hydrogen-bond donors (Lipinski definition) is 1. The first kappa shape index (κ1) is 13.9. The molecule has 1 aliphatic carbocycles. The van der Waals surface area contributed by atoms with Crippen LogP contribution in [0.15, 0.2) is 24.3 Å². The Labute approximate surface area is 122 Å². The molecule has 3 nitrogen and oxygen atoms in total. The second-order valence-corrected chi connectivity index (χ2v) is 6.17. The minimum Gasteiger partial charge on any atom is -0.494 e. The Bertz CT molecular complexity index is 444. The lowest BCUT2D eigenvalue weighted by Crippen LogP contribution is -2.33. The number of ether oxygens (including phenoxy) is 1. The van der Waals surface area contributed by atoms with Crippen LogP contribution in [0.25, 0.3) is 0 Å². The van der Waals surface area contributed by atoms with Gasteiger partial charge in [-0.1, -0.05) is 12.1 Å². The van der Waals surface area contributed by atoms with Crippen LogP contribution in [0, 0.1) is 0 Å². The van der Waals surface area contributed by atoms with E-state index < -0.39 is 0 Å². The molecule has 2 aliphatic rings. The SMILES string of the molecule is CCOc1cccc(CNC2CC(C)N(C3CC3)C2)c1. The van der Waals surface area contributed by atoms with Crippen molar-refractivity contribution in [3.8, 4) is 5.75 Å². The van der Waals surface area contributed by atoms with Crippen molar-refractivity contribution in [3.05, 3.63) is 29.8 Å². The highest BCUT2D eigenvalue weighted by Gasteiger charge is 2.38. The highest BCUT2D eigenvalue weighted by Crippen LogP contribution is 2.33. The van der Waals surface area contributed by atoms with Gasteiger partial charge in [0.15, 0.2) is 0 Å². The first-order valence-corrected chi connectivity index (χ1v) is 7.97. The summed E-state index contributed by atoms with van der Waals surface area (Å²) < 4.78 is 5.56. The number of hydrogen-bond acceptors (Lipinski definition) is 3. The average molecular weight is 274 g/mol. The molecule has 0 spiro atoms. The second-order valence-electron chi connectivity index (χ2n) is 6.17. The Morgan fingerprint density at radius 3 is 2.95 bits per heavy atom. The van der Waals surface area contributed by atoms with Crippen LogP contribution >= 0.6 is 0 Å². The quantitative estimate of drug-likeness (QED) is 0.863. The Kier molecular flexibility index (Phi) is 4.27. The molecule has 1 N–H and O–H groups in total. The molecule has 1 aliphatic heterocycles. The molecule has 0 bridgehead atoms. The van der Waals surface area contributed by atoms with Gasteiger partial charge in [-0.05, 0) is 50.8 Å². The van der Waals surface area contributed by atoms with Gasteiger partial charge in [-0.15, -0.1) is 0 Å². The Morgan fingerprint density at radius 2 is 2.20 bits per heavy atom. The summed E-state index contributed by atoms with van der Waals surface area (Å²) in [4.78, 5) is 2.69.